The minimum absolute atomic E-state index is 0.00299. The Kier molecular flexibility index (Phi) is 4.53. The van der Waals surface area contributed by atoms with Crippen molar-refractivity contribution in [3.8, 4) is 11.6 Å². The topological polar surface area (TPSA) is 74.4 Å². The summed E-state index contributed by atoms with van der Waals surface area (Å²) in [6, 6.07) is 1.60. The second kappa shape index (κ2) is 5.71. The highest BCUT2D eigenvalue weighted by Gasteiger charge is 2.18. The molecule has 0 saturated heterocycles. The molecular formula is C13H20N2O3. The van der Waals surface area contributed by atoms with Gasteiger partial charge in [0.1, 0.15) is 11.3 Å². The quantitative estimate of drug-likeness (QED) is 0.870. The molecule has 0 fully saturated rings. The van der Waals surface area contributed by atoms with Gasteiger partial charge in [-0.25, -0.2) is 4.98 Å². The Balaban J connectivity index is 3.23. The summed E-state index contributed by atoms with van der Waals surface area (Å²) < 4.78 is 11.1. The Morgan fingerprint density at radius 2 is 1.78 bits per heavy atom. The first-order valence-corrected chi connectivity index (χ1v) is 5.96. The number of ether oxygens (including phenoxy) is 2. The highest BCUT2D eigenvalue weighted by Crippen LogP contribution is 2.27. The normalized spacial score (nSPS) is 10.8. The van der Waals surface area contributed by atoms with E-state index in [1.54, 1.807) is 13.0 Å². The van der Waals surface area contributed by atoms with Gasteiger partial charge in [-0.2, -0.15) is 0 Å². The first-order chi connectivity index (χ1) is 8.31. The molecule has 1 amide bonds. The summed E-state index contributed by atoms with van der Waals surface area (Å²) in [5.74, 6) is 0.301. The third-order valence-electron chi connectivity index (χ3n) is 2.11. The number of hydrogen-bond acceptors (Lipinski definition) is 4. The van der Waals surface area contributed by atoms with Crippen molar-refractivity contribution in [2.45, 2.75) is 46.8 Å². The van der Waals surface area contributed by atoms with Crippen LogP contribution in [0.1, 0.15) is 43.7 Å². The monoisotopic (exact) mass is 252 g/mol. The van der Waals surface area contributed by atoms with Crippen molar-refractivity contribution < 1.29 is 14.3 Å². The summed E-state index contributed by atoms with van der Waals surface area (Å²) in [7, 11) is 0. The number of primary amides is 1. The molecule has 18 heavy (non-hydrogen) atoms. The number of hydrogen-bond donors (Lipinski definition) is 1. The average molecular weight is 252 g/mol. The maximum atomic E-state index is 11.4. The van der Waals surface area contributed by atoms with Crippen LogP contribution in [0.3, 0.4) is 0 Å². The molecule has 1 heterocycles. The van der Waals surface area contributed by atoms with E-state index in [-0.39, 0.29) is 12.2 Å². The van der Waals surface area contributed by atoms with Gasteiger partial charge >= 0.3 is 0 Å². The number of carbonyl (C=O) groups is 1. The molecule has 0 spiro atoms. The predicted octanol–water partition coefficient (Wildman–Crippen LogP) is 2.06. The maximum Gasteiger partial charge on any atom is 0.254 e. The largest absolute Gasteiger partial charge is 0.490 e. The molecular weight excluding hydrogens is 232 g/mol. The van der Waals surface area contributed by atoms with Gasteiger partial charge in [0.2, 0.25) is 5.88 Å². The summed E-state index contributed by atoms with van der Waals surface area (Å²) in [6.45, 7) is 9.28. The Hall–Kier alpha value is -1.78. The van der Waals surface area contributed by atoms with Gasteiger partial charge < -0.3 is 15.2 Å². The zero-order valence-corrected chi connectivity index (χ0v) is 11.5. The fraction of sp³-hybridized carbons (Fsp3) is 0.538. The fourth-order valence-corrected chi connectivity index (χ4v) is 1.56. The van der Waals surface area contributed by atoms with Gasteiger partial charge in [0.05, 0.1) is 17.9 Å². The minimum Gasteiger partial charge on any atom is -0.490 e. The first-order valence-electron chi connectivity index (χ1n) is 5.96. The molecule has 1 aromatic rings. The van der Waals surface area contributed by atoms with Gasteiger partial charge in [0, 0.05) is 6.07 Å². The minimum atomic E-state index is -0.549. The van der Waals surface area contributed by atoms with Gasteiger partial charge in [-0.15, -0.1) is 0 Å². The van der Waals surface area contributed by atoms with E-state index in [2.05, 4.69) is 4.98 Å². The molecule has 0 aliphatic rings. The Morgan fingerprint density at radius 1 is 1.22 bits per heavy atom. The van der Waals surface area contributed by atoms with E-state index in [4.69, 9.17) is 15.2 Å². The van der Waals surface area contributed by atoms with E-state index in [1.165, 1.54) is 0 Å². The molecule has 0 aliphatic heterocycles. The molecule has 1 aromatic heterocycles. The van der Waals surface area contributed by atoms with Crippen LogP contribution in [0.5, 0.6) is 11.6 Å². The first kappa shape index (κ1) is 14.3. The summed E-state index contributed by atoms with van der Waals surface area (Å²) in [6.07, 6.45) is -0.0555. The van der Waals surface area contributed by atoms with Crippen LogP contribution in [0, 0.1) is 6.92 Å². The van der Waals surface area contributed by atoms with E-state index in [9.17, 15) is 4.79 Å². The van der Waals surface area contributed by atoms with Crippen molar-refractivity contribution >= 4 is 5.91 Å². The number of rotatable bonds is 5. The van der Waals surface area contributed by atoms with Gasteiger partial charge in [-0.05, 0) is 34.6 Å². The van der Waals surface area contributed by atoms with E-state index in [1.807, 2.05) is 27.7 Å². The van der Waals surface area contributed by atoms with E-state index in [0.717, 1.165) is 0 Å². The molecule has 100 valence electrons. The summed E-state index contributed by atoms with van der Waals surface area (Å²) in [4.78, 5) is 15.6. The lowest BCUT2D eigenvalue weighted by Gasteiger charge is -2.16. The van der Waals surface area contributed by atoms with Gasteiger partial charge in [0.25, 0.3) is 5.91 Å². The van der Waals surface area contributed by atoms with Crippen molar-refractivity contribution in [3.63, 3.8) is 0 Å². The molecule has 0 atom stereocenters. The molecule has 0 unspecified atom stereocenters. The second-order valence-corrected chi connectivity index (χ2v) is 4.62. The Labute approximate surface area is 107 Å². The zero-order valence-electron chi connectivity index (χ0n) is 11.5. The number of aromatic nitrogens is 1. The highest BCUT2D eigenvalue weighted by molar-refractivity contribution is 5.96. The third kappa shape index (κ3) is 3.61. The molecule has 0 bridgehead atoms. The lowest BCUT2D eigenvalue weighted by Crippen LogP contribution is -2.18. The van der Waals surface area contributed by atoms with Crippen LogP contribution in [-0.2, 0) is 0 Å². The third-order valence-corrected chi connectivity index (χ3v) is 2.11. The van der Waals surface area contributed by atoms with E-state index in [0.29, 0.717) is 22.9 Å². The van der Waals surface area contributed by atoms with E-state index < -0.39 is 5.91 Å². The van der Waals surface area contributed by atoms with Crippen LogP contribution >= 0.6 is 0 Å². The van der Waals surface area contributed by atoms with Crippen LogP contribution in [0.15, 0.2) is 6.07 Å². The van der Waals surface area contributed by atoms with Crippen molar-refractivity contribution in [1.82, 2.24) is 4.98 Å². The molecule has 1 rings (SSSR count). The number of nitrogens with zero attached hydrogens (tertiary/aromatic N) is 1. The number of amides is 1. The second-order valence-electron chi connectivity index (χ2n) is 4.62. The Bertz CT molecular complexity index is 442. The summed E-state index contributed by atoms with van der Waals surface area (Å²) in [5.41, 5.74) is 6.16. The van der Waals surface area contributed by atoms with Crippen LogP contribution < -0.4 is 15.2 Å². The number of nitrogens with two attached hydrogens (primary N) is 1. The average Bonchev–Trinajstić information content (AvgIpc) is 2.12. The lowest BCUT2D eigenvalue weighted by molar-refractivity contribution is 0.0993. The smallest absolute Gasteiger partial charge is 0.254 e. The molecule has 0 aromatic carbocycles. The molecule has 5 heteroatoms. The number of pyridine rings is 1. The molecule has 5 nitrogen and oxygen atoms in total. The van der Waals surface area contributed by atoms with Gasteiger partial charge in [-0.1, -0.05) is 0 Å². The van der Waals surface area contributed by atoms with Crippen molar-refractivity contribution in [3.05, 3.63) is 17.3 Å². The summed E-state index contributed by atoms with van der Waals surface area (Å²) >= 11 is 0. The SMILES string of the molecule is Cc1nc(OC(C)C)cc(OC(C)C)c1C(N)=O. The molecule has 0 aliphatic carbocycles. The summed E-state index contributed by atoms with van der Waals surface area (Å²) in [5, 5.41) is 0. The maximum absolute atomic E-state index is 11.4. The Morgan fingerprint density at radius 3 is 2.22 bits per heavy atom. The number of aryl methyl sites for hydroxylation is 1. The molecule has 2 N–H and O–H groups in total. The van der Waals surface area contributed by atoms with Crippen LogP contribution in [0.25, 0.3) is 0 Å². The van der Waals surface area contributed by atoms with Crippen molar-refractivity contribution in [2.24, 2.45) is 5.73 Å². The number of carbonyl (C=O) groups excluding carboxylic acids is 1. The van der Waals surface area contributed by atoms with Gasteiger partial charge in [-0.3, -0.25) is 4.79 Å². The molecule has 0 radical (unpaired) electrons. The lowest BCUT2D eigenvalue weighted by atomic mass is 10.1. The van der Waals surface area contributed by atoms with E-state index >= 15 is 0 Å². The van der Waals surface area contributed by atoms with Crippen LogP contribution in [-0.4, -0.2) is 23.1 Å². The predicted molar refractivity (Wildman–Crippen MR) is 69.0 cm³/mol. The highest BCUT2D eigenvalue weighted by atomic mass is 16.5. The standard InChI is InChI=1S/C13H20N2O3/c1-7(2)17-10-6-11(18-8(3)4)15-9(5)12(10)13(14)16/h6-8H,1-5H3,(H2,14,16). The molecule has 0 saturated carbocycles. The van der Waals surface area contributed by atoms with Crippen LogP contribution in [0.4, 0.5) is 0 Å². The van der Waals surface area contributed by atoms with Gasteiger partial charge in [0.15, 0.2) is 0 Å². The van der Waals surface area contributed by atoms with Crippen LogP contribution in [0.2, 0.25) is 0 Å². The van der Waals surface area contributed by atoms with Crippen molar-refractivity contribution in [2.75, 3.05) is 0 Å². The fourth-order valence-electron chi connectivity index (χ4n) is 1.56. The van der Waals surface area contributed by atoms with Crippen molar-refractivity contribution in [1.29, 1.82) is 0 Å². The zero-order chi connectivity index (χ0) is 13.9.